The van der Waals surface area contributed by atoms with E-state index in [1.807, 2.05) is 6.92 Å². The van der Waals surface area contributed by atoms with Crippen LogP contribution in [0.2, 0.25) is 0 Å². The maximum Gasteiger partial charge on any atom is 0.113 e. The first-order chi connectivity index (χ1) is 13.2. The van der Waals surface area contributed by atoms with Crippen LogP contribution in [0, 0.1) is 13.8 Å². The van der Waals surface area contributed by atoms with Crippen LogP contribution in [0.1, 0.15) is 34.7 Å². The van der Waals surface area contributed by atoms with Gasteiger partial charge in [-0.15, -0.1) is 11.3 Å². The molecular weight excluding hydrogens is 350 g/mol. The van der Waals surface area contributed by atoms with Gasteiger partial charge < -0.3 is 4.74 Å². The second-order valence-corrected chi connectivity index (χ2v) is 7.94. The normalized spacial score (nSPS) is 13.9. The molecule has 0 atom stereocenters. The summed E-state index contributed by atoms with van der Waals surface area (Å²) >= 11 is 1.68. The Bertz CT molecular complexity index is 978. The Balaban J connectivity index is 1.48. The number of rotatable bonds is 5. The summed E-state index contributed by atoms with van der Waals surface area (Å²) in [6, 6.07) is 17.3. The van der Waals surface area contributed by atoms with Crippen molar-refractivity contribution in [1.29, 1.82) is 0 Å². The molecule has 1 aliphatic carbocycles. The average molecular weight is 374 g/mol. The van der Waals surface area contributed by atoms with E-state index in [-0.39, 0.29) is 0 Å². The Kier molecular flexibility index (Phi) is 5.21. The van der Waals surface area contributed by atoms with E-state index < -0.39 is 0 Å². The first-order valence-corrected chi connectivity index (χ1v) is 10.2. The van der Waals surface area contributed by atoms with Gasteiger partial charge in [-0.3, -0.25) is 0 Å². The molecule has 0 radical (unpaired) electrons. The van der Waals surface area contributed by atoms with Crippen LogP contribution in [0.3, 0.4) is 0 Å². The molecular formula is C24H23NOS. The monoisotopic (exact) mass is 373 g/mol. The van der Waals surface area contributed by atoms with Crippen LogP contribution in [0.5, 0.6) is 0 Å². The molecule has 2 nitrogen and oxygen atoms in total. The van der Waals surface area contributed by atoms with Gasteiger partial charge in [0, 0.05) is 17.4 Å². The lowest BCUT2D eigenvalue weighted by molar-refractivity contribution is 0.191. The number of benzene rings is 2. The van der Waals surface area contributed by atoms with Crippen LogP contribution in [0.4, 0.5) is 0 Å². The predicted molar refractivity (Wildman–Crippen MR) is 114 cm³/mol. The SMILES string of the molecule is Cc1ccc(-c2ccc(COC3=C(c4csc(C)n4)C=CCC3)cc2)cc1. The average Bonchev–Trinajstić information content (AvgIpc) is 3.14. The van der Waals surface area contributed by atoms with Crippen LogP contribution in [0.15, 0.2) is 71.8 Å². The predicted octanol–water partition coefficient (Wildman–Crippen LogP) is 6.70. The molecule has 0 N–H and O–H groups in total. The van der Waals surface area contributed by atoms with Crippen molar-refractivity contribution in [3.63, 3.8) is 0 Å². The Morgan fingerprint density at radius 3 is 2.33 bits per heavy atom. The number of thiazole rings is 1. The van der Waals surface area contributed by atoms with E-state index in [9.17, 15) is 0 Å². The fourth-order valence-corrected chi connectivity index (χ4v) is 3.83. The van der Waals surface area contributed by atoms with Gasteiger partial charge >= 0.3 is 0 Å². The van der Waals surface area contributed by atoms with E-state index in [0.717, 1.165) is 34.9 Å². The van der Waals surface area contributed by atoms with Gasteiger partial charge in [-0.05, 0) is 37.0 Å². The summed E-state index contributed by atoms with van der Waals surface area (Å²) < 4.78 is 6.20. The Morgan fingerprint density at radius 2 is 1.67 bits per heavy atom. The van der Waals surface area contributed by atoms with E-state index in [2.05, 4.69) is 78.0 Å². The molecule has 0 aliphatic heterocycles. The second-order valence-electron chi connectivity index (χ2n) is 6.88. The molecule has 1 aliphatic rings. The minimum absolute atomic E-state index is 0.587. The maximum absolute atomic E-state index is 6.20. The maximum atomic E-state index is 6.20. The van der Waals surface area contributed by atoms with E-state index in [4.69, 9.17) is 4.74 Å². The third kappa shape index (κ3) is 4.20. The van der Waals surface area contributed by atoms with E-state index >= 15 is 0 Å². The highest BCUT2D eigenvalue weighted by atomic mass is 32.1. The van der Waals surface area contributed by atoms with Gasteiger partial charge in [0.1, 0.15) is 12.4 Å². The summed E-state index contributed by atoms with van der Waals surface area (Å²) in [6.45, 7) is 4.74. The van der Waals surface area contributed by atoms with Gasteiger partial charge in [0.25, 0.3) is 0 Å². The lowest BCUT2D eigenvalue weighted by Crippen LogP contribution is -2.01. The molecule has 4 rings (SSSR count). The largest absolute Gasteiger partial charge is 0.493 e. The van der Waals surface area contributed by atoms with Crippen LogP contribution in [-0.2, 0) is 11.3 Å². The molecule has 136 valence electrons. The number of aromatic nitrogens is 1. The second kappa shape index (κ2) is 7.93. The van der Waals surface area contributed by atoms with Crippen LogP contribution >= 0.6 is 11.3 Å². The van der Waals surface area contributed by atoms with Crippen molar-refractivity contribution < 1.29 is 4.74 Å². The zero-order valence-corrected chi connectivity index (χ0v) is 16.6. The number of hydrogen-bond acceptors (Lipinski definition) is 3. The van der Waals surface area contributed by atoms with Gasteiger partial charge in [-0.25, -0.2) is 4.98 Å². The highest BCUT2D eigenvalue weighted by molar-refractivity contribution is 7.09. The molecule has 1 heterocycles. The summed E-state index contributed by atoms with van der Waals surface area (Å²) in [5.41, 5.74) is 7.10. The lowest BCUT2D eigenvalue weighted by atomic mass is 10.0. The molecule has 3 aromatic rings. The lowest BCUT2D eigenvalue weighted by Gasteiger charge is -2.16. The molecule has 0 bridgehead atoms. The quantitative estimate of drug-likeness (QED) is 0.496. The molecule has 27 heavy (non-hydrogen) atoms. The van der Waals surface area contributed by atoms with Crippen LogP contribution < -0.4 is 0 Å². The number of aryl methyl sites for hydroxylation is 2. The molecule has 0 fully saturated rings. The Morgan fingerprint density at radius 1 is 0.963 bits per heavy atom. The minimum atomic E-state index is 0.587. The molecule has 0 saturated heterocycles. The summed E-state index contributed by atoms with van der Waals surface area (Å²) in [5, 5.41) is 3.20. The molecule has 0 amide bonds. The smallest absolute Gasteiger partial charge is 0.113 e. The van der Waals surface area contributed by atoms with Gasteiger partial charge in [-0.2, -0.15) is 0 Å². The summed E-state index contributed by atoms with van der Waals surface area (Å²) in [7, 11) is 0. The number of hydrogen-bond donors (Lipinski definition) is 0. The van der Waals surface area contributed by atoms with Crippen molar-refractivity contribution in [3.05, 3.63) is 93.7 Å². The number of nitrogens with zero attached hydrogens (tertiary/aromatic N) is 1. The summed E-state index contributed by atoms with van der Waals surface area (Å²) in [4.78, 5) is 4.62. The third-order valence-electron chi connectivity index (χ3n) is 4.77. The Labute approximate surface area is 164 Å². The summed E-state index contributed by atoms with van der Waals surface area (Å²) in [6.07, 6.45) is 6.30. The molecule has 3 heteroatoms. The fraction of sp³-hybridized carbons (Fsp3) is 0.208. The van der Waals surface area contributed by atoms with E-state index in [0.29, 0.717) is 6.61 Å². The zero-order valence-electron chi connectivity index (χ0n) is 15.7. The van der Waals surface area contributed by atoms with Gasteiger partial charge in [0.2, 0.25) is 0 Å². The highest BCUT2D eigenvalue weighted by Crippen LogP contribution is 2.30. The molecule has 2 aromatic carbocycles. The van der Waals surface area contributed by atoms with E-state index in [1.165, 1.54) is 22.3 Å². The molecule has 0 saturated carbocycles. The number of ether oxygens (including phenoxy) is 1. The zero-order chi connectivity index (χ0) is 18.6. The van der Waals surface area contributed by atoms with Crippen molar-refractivity contribution in [2.24, 2.45) is 0 Å². The van der Waals surface area contributed by atoms with Crippen molar-refractivity contribution >= 4 is 16.9 Å². The van der Waals surface area contributed by atoms with Crippen molar-refractivity contribution in [2.45, 2.75) is 33.3 Å². The van der Waals surface area contributed by atoms with Gasteiger partial charge in [0.15, 0.2) is 0 Å². The van der Waals surface area contributed by atoms with Crippen LogP contribution in [-0.4, -0.2) is 4.98 Å². The molecule has 0 spiro atoms. The van der Waals surface area contributed by atoms with Crippen molar-refractivity contribution in [2.75, 3.05) is 0 Å². The van der Waals surface area contributed by atoms with Crippen molar-refractivity contribution in [1.82, 2.24) is 4.98 Å². The highest BCUT2D eigenvalue weighted by Gasteiger charge is 2.14. The van der Waals surface area contributed by atoms with E-state index in [1.54, 1.807) is 11.3 Å². The standard InChI is InChI=1S/C24H23NOS/c1-17-7-11-20(12-8-17)21-13-9-19(10-14-21)15-26-24-6-4-3-5-22(24)23-16-27-18(2)25-23/h3,5,7-14,16H,4,6,15H2,1-2H3. The van der Waals surface area contributed by atoms with Crippen molar-refractivity contribution in [3.8, 4) is 11.1 Å². The van der Waals surface area contributed by atoms with Gasteiger partial charge in [0.05, 0.1) is 10.7 Å². The fourth-order valence-electron chi connectivity index (χ4n) is 3.22. The summed E-state index contributed by atoms with van der Waals surface area (Å²) in [5.74, 6) is 1.05. The third-order valence-corrected chi connectivity index (χ3v) is 5.54. The van der Waals surface area contributed by atoms with Gasteiger partial charge in [-0.1, -0.05) is 66.2 Å². The topological polar surface area (TPSA) is 22.1 Å². The Hall–Kier alpha value is -2.65. The first kappa shape index (κ1) is 17.7. The first-order valence-electron chi connectivity index (χ1n) is 9.30. The van der Waals surface area contributed by atoms with Crippen LogP contribution in [0.25, 0.3) is 16.7 Å². The molecule has 0 unspecified atom stereocenters. The minimum Gasteiger partial charge on any atom is -0.493 e. The number of allylic oxidation sites excluding steroid dienone is 4. The molecule has 1 aromatic heterocycles.